The van der Waals surface area contributed by atoms with Crippen molar-refractivity contribution >= 4 is 7.32 Å². The van der Waals surface area contributed by atoms with Gasteiger partial charge in [0.05, 0.1) is 26.2 Å². The fraction of sp³-hybridized carbons (Fsp3) is 0.561. The second kappa shape index (κ2) is 21.4. The van der Waals surface area contributed by atoms with Crippen molar-refractivity contribution in [1.29, 1.82) is 0 Å². The average Bonchev–Trinajstić information content (AvgIpc) is 3.06. The van der Waals surface area contributed by atoms with Crippen LogP contribution in [0.3, 0.4) is 0 Å². The molecular weight excluding hydrogens is 565 g/mol. The molecule has 3 rings (SSSR count). The molecule has 0 aliphatic rings. The van der Waals surface area contributed by atoms with Crippen LogP contribution in [0.1, 0.15) is 125 Å². The van der Waals surface area contributed by atoms with Crippen molar-refractivity contribution in [2.45, 2.75) is 118 Å². The molecule has 0 amide bonds. The number of quaternary nitrogens is 1. The van der Waals surface area contributed by atoms with Crippen LogP contribution in [0.5, 0.6) is 0 Å². The molecule has 2 N–H and O–H groups in total. The van der Waals surface area contributed by atoms with Gasteiger partial charge in [-0.3, -0.25) is 0 Å². The minimum Gasteiger partial charge on any atom is -0.402 e. The number of benzene rings is 3. The summed E-state index contributed by atoms with van der Waals surface area (Å²) in [5.74, 6) is 0. The van der Waals surface area contributed by atoms with Gasteiger partial charge in [-0.25, -0.2) is 0 Å². The molecule has 0 bridgehead atoms. The van der Waals surface area contributed by atoms with Crippen LogP contribution in [0.2, 0.25) is 0 Å². The van der Waals surface area contributed by atoms with E-state index in [4.69, 9.17) is 14.7 Å². The smallest absolute Gasteiger partial charge is 0.402 e. The number of hydrogen-bond acceptors (Lipinski definition) is 3. The van der Waals surface area contributed by atoms with Gasteiger partial charge in [0.1, 0.15) is 0 Å². The summed E-state index contributed by atoms with van der Waals surface area (Å²) >= 11 is 0. The van der Waals surface area contributed by atoms with Crippen LogP contribution in [-0.4, -0.2) is 54.6 Å². The monoisotopic (exact) mass is 631 g/mol. The molecule has 3 aromatic carbocycles. The standard InChI is InChI=1S/C25H29BO3.C16H36N/c1-19-5-11-22(12-6-19)25(17-4-18-29-26(27)28,23-13-7-20(2)8-14-23)24-15-9-21(3)10-16-24;1-5-9-13-17(14-10-6-2,15-11-7-3)16-12-8-4/h5-16,27-28H,4,17-18H2,1-3H3;5-16H2,1-4H3/q;+1. The van der Waals surface area contributed by atoms with Crippen LogP contribution in [-0.2, 0) is 10.1 Å². The first-order valence-corrected chi connectivity index (χ1v) is 18.2. The van der Waals surface area contributed by atoms with Gasteiger partial charge in [0.25, 0.3) is 0 Å². The molecule has 0 fully saturated rings. The van der Waals surface area contributed by atoms with Crippen LogP contribution in [0.4, 0.5) is 0 Å². The van der Waals surface area contributed by atoms with Crippen molar-refractivity contribution in [2.75, 3.05) is 32.8 Å². The Balaban J connectivity index is 0.000000372. The largest absolute Gasteiger partial charge is 0.633 e. The van der Waals surface area contributed by atoms with E-state index in [1.807, 2.05) is 0 Å². The Morgan fingerprint density at radius 1 is 0.522 bits per heavy atom. The van der Waals surface area contributed by atoms with Crippen LogP contribution in [0, 0.1) is 20.8 Å². The van der Waals surface area contributed by atoms with Gasteiger partial charge in [0.2, 0.25) is 0 Å². The molecule has 0 heterocycles. The van der Waals surface area contributed by atoms with E-state index < -0.39 is 7.32 Å². The van der Waals surface area contributed by atoms with Crippen LogP contribution in [0.15, 0.2) is 72.8 Å². The average molecular weight is 631 g/mol. The van der Waals surface area contributed by atoms with E-state index in [2.05, 4.69) is 121 Å². The fourth-order valence-corrected chi connectivity index (χ4v) is 6.62. The molecule has 46 heavy (non-hydrogen) atoms. The van der Waals surface area contributed by atoms with Crippen LogP contribution < -0.4 is 0 Å². The molecule has 0 saturated heterocycles. The highest BCUT2D eigenvalue weighted by Crippen LogP contribution is 2.43. The van der Waals surface area contributed by atoms with Gasteiger partial charge >= 0.3 is 7.32 Å². The molecule has 0 aliphatic heterocycles. The lowest BCUT2D eigenvalue weighted by Crippen LogP contribution is -2.50. The molecule has 0 spiro atoms. The molecule has 3 aromatic rings. The van der Waals surface area contributed by atoms with Gasteiger partial charge in [-0.05, 0) is 76.0 Å². The second-order valence-corrected chi connectivity index (χ2v) is 13.5. The van der Waals surface area contributed by atoms with E-state index in [0.717, 1.165) is 6.42 Å². The number of hydrogen-bond donors (Lipinski definition) is 2. The summed E-state index contributed by atoms with van der Waals surface area (Å²) in [7, 11) is -1.73. The Hall–Kier alpha value is -2.44. The van der Waals surface area contributed by atoms with Gasteiger partial charge in [-0.15, -0.1) is 0 Å². The van der Waals surface area contributed by atoms with E-state index in [-0.39, 0.29) is 12.0 Å². The summed E-state index contributed by atoms with van der Waals surface area (Å²) in [5.41, 5.74) is 6.99. The van der Waals surface area contributed by atoms with Crippen molar-refractivity contribution in [1.82, 2.24) is 0 Å². The lowest BCUT2D eigenvalue weighted by molar-refractivity contribution is -0.929. The van der Waals surface area contributed by atoms with Gasteiger partial charge in [0, 0.05) is 12.0 Å². The van der Waals surface area contributed by atoms with E-state index in [9.17, 15) is 0 Å². The lowest BCUT2D eigenvalue weighted by atomic mass is 9.66. The highest BCUT2D eigenvalue weighted by Gasteiger charge is 2.36. The predicted octanol–water partition coefficient (Wildman–Crippen LogP) is 9.72. The van der Waals surface area contributed by atoms with Crippen molar-refractivity contribution in [3.05, 3.63) is 106 Å². The Morgan fingerprint density at radius 2 is 0.826 bits per heavy atom. The summed E-state index contributed by atoms with van der Waals surface area (Å²) < 4.78 is 6.43. The zero-order chi connectivity index (χ0) is 33.8. The zero-order valence-electron chi connectivity index (χ0n) is 30.4. The maximum absolute atomic E-state index is 9.06. The number of nitrogens with zero attached hydrogens (tertiary/aromatic N) is 1. The summed E-state index contributed by atoms with van der Waals surface area (Å²) in [6.07, 6.45) is 12.5. The van der Waals surface area contributed by atoms with Crippen molar-refractivity contribution in [3.63, 3.8) is 0 Å². The third-order valence-electron chi connectivity index (χ3n) is 9.54. The van der Waals surface area contributed by atoms with Gasteiger partial charge in [-0.1, -0.05) is 143 Å². The summed E-state index contributed by atoms with van der Waals surface area (Å²) in [4.78, 5) is 0. The summed E-state index contributed by atoms with van der Waals surface area (Å²) in [5, 5.41) is 18.1. The highest BCUT2D eigenvalue weighted by molar-refractivity contribution is 6.32. The number of rotatable bonds is 20. The topological polar surface area (TPSA) is 49.7 Å². The third kappa shape index (κ3) is 12.6. The summed E-state index contributed by atoms with van der Waals surface area (Å²) in [6.45, 7) is 21.6. The molecule has 4 nitrogen and oxygen atoms in total. The normalized spacial score (nSPS) is 11.7. The molecule has 0 aromatic heterocycles. The Bertz CT molecular complexity index is 1040. The van der Waals surface area contributed by atoms with Gasteiger partial charge in [-0.2, -0.15) is 0 Å². The SMILES string of the molecule is CCCC[N+](CCCC)(CCCC)CCCC.Cc1ccc(C(CCCOB(O)O)(c2ccc(C)cc2)c2ccc(C)cc2)cc1. The minimum absolute atomic E-state index is 0.281. The molecule has 0 aliphatic carbocycles. The summed E-state index contributed by atoms with van der Waals surface area (Å²) in [6, 6.07) is 26.2. The fourth-order valence-electron chi connectivity index (χ4n) is 6.62. The van der Waals surface area contributed by atoms with Crippen molar-refractivity contribution in [2.24, 2.45) is 0 Å². The molecule has 254 valence electrons. The zero-order valence-corrected chi connectivity index (χ0v) is 30.4. The van der Waals surface area contributed by atoms with Crippen molar-refractivity contribution in [3.8, 4) is 0 Å². The first-order chi connectivity index (χ1) is 22.2. The first kappa shape index (κ1) is 39.7. The molecule has 0 atom stereocenters. The highest BCUT2D eigenvalue weighted by atomic mass is 16.6. The van der Waals surface area contributed by atoms with Crippen LogP contribution >= 0.6 is 0 Å². The Morgan fingerprint density at radius 3 is 1.09 bits per heavy atom. The molecular formula is C41H65BNO3+. The van der Waals surface area contributed by atoms with Gasteiger partial charge < -0.3 is 19.2 Å². The maximum atomic E-state index is 9.06. The maximum Gasteiger partial charge on any atom is 0.633 e. The Labute approximate surface area is 283 Å². The number of unbranched alkanes of at least 4 members (excludes halogenated alkanes) is 4. The Kier molecular flexibility index (Phi) is 18.5. The van der Waals surface area contributed by atoms with E-state index in [1.165, 1.54) is 115 Å². The number of aryl methyl sites for hydroxylation is 3. The molecule has 0 unspecified atom stereocenters. The molecule has 0 radical (unpaired) electrons. The van der Waals surface area contributed by atoms with E-state index >= 15 is 0 Å². The van der Waals surface area contributed by atoms with Gasteiger partial charge in [0.15, 0.2) is 0 Å². The molecule has 5 heteroatoms. The first-order valence-electron chi connectivity index (χ1n) is 18.2. The predicted molar refractivity (Wildman–Crippen MR) is 198 cm³/mol. The lowest BCUT2D eigenvalue weighted by Gasteiger charge is -2.39. The van der Waals surface area contributed by atoms with Crippen LogP contribution in [0.25, 0.3) is 0 Å². The third-order valence-corrected chi connectivity index (χ3v) is 9.54. The minimum atomic E-state index is -1.73. The van der Waals surface area contributed by atoms with E-state index in [1.54, 1.807) is 0 Å². The molecule has 0 saturated carbocycles. The quantitative estimate of drug-likeness (QED) is 0.0566. The van der Waals surface area contributed by atoms with Crippen molar-refractivity contribution < 1.29 is 19.2 Å². The van der Waals surface area contributed by atoms with E-state index in [0.29, 0.717) is 6.42 Å². The second-order valence-electron chi connectivity index (χ2n) is 13.5.